The predicted molar refractivity (Wildman–Crippen MR) is 102 cm³/mol. The molecule has 0 aliphatic rings. The van der Waals surface area contributed by atoms with Crippen LogP contribution in [-0.4, -0.2) is 21.2 Å². The van der Waals surface area contributed by atoms with Gasteiger partial charge in [-0.05, 0) is 49.7 Å². The summed E-state index contributed by atoms with van der Waals surface area (Å²) in [6.07, 6.45) is 3.09. The molecule has 0 spiro atoms. The average molecular weight is 368 g/mol. The third-order valence-electron chi connectivity index (χ3n) is 4.20. The Hall–Kier alpha value is -2.92. The molecule has 0 radical (unpaired) electrons. The first-order chi connectivity index (χ1) is 12.5. The fourth-order valence-corrected chi connectivity index (χ4v) is 2.92. The summed E-state index contributed by atoms with van der Waals surface area (Å²) in [5.74, 6) is -1.24. The second kappa shape index (κ2) is 7.54. The molecule has 1 N–H and O–H groups in total. The van der Waals surface area contributed by atoms with E-state index in [1.165, 1.54) is 6.20 Å². The van der Waals surface area contributed by atoms with Gasteiger partial charge in [0.15, 0.2) is 0 Å². The van der Waals surface area contributed by atoms with E-state index >= 15 is 0 Å². The standard InChI is InChI=1S/C20H18ClN3O2/c1-13-10-18(19(25)20(26)23-17-4-3-9-22-11-17)14(2)24(13)12-15-5-7-16(21)8-6-15/h3-11H,12H2,1-2H3,(H,23,26). The maximum absolute atomic E-state index is 12.6. The molecule has 5 nitrogen and oxygen atoms in total. The van der Waals surface area contributed by atoms with Crippen LogP contribution in [-0.2, 0) is 11.3 Å². The molecule has 0 atom stereocenters. The maximum Gasteiger partial charge on any atom is 0.296 e. The zero-order chi connectivity index (χ0) is 18.7. The third kappa shape index (κ3) is 3.83. The number of ketones is 1. The minimum absolute atomic E-state index is 0.401. The Labute approximate surface area is 156 Å². The molecule has 3 aromatic rings. The first-order valence-electron chi connectivity index (χ1n) is 8.12. The van der Waals surface area contributed by atoms with Crippen molar-refractivity contribution in [2.75, 3.05) is 5.32 Å². The van der Waals surface area contributed by atoms with Crippen LogP contribution >= 0.6 is 11.6 Å². The summed E-state index contributed by atoms with van der Waals surface area (Å²) in [5.41, 5.74) is 3.62. The van der Waals surface area contributed by atoms with Crippen LogP contribution in [0.3, 0.4) is 0 Å². The van der Waals surface area contributed by atoms with E-state index in [9.17, 15) is 9.59 Å². The van der Waals surface area contributed by atoms with Crippen LogP contribution in [0.2, 0.25) is 5.02 Å². The van der Waals surface area contributed by atoms with Gasteiger partial charge in [-0.2, -0.15) is 0 Å². The molecule has 0 aliphatic heterocycles. The van der Waals surface area contributed by atoms with Crippen molar-refractivity contribution < 1.29 is 9.59 Å². The Kier molecular flexibility index (Phi) is 5.19. The number of hydrogen-bond donors (Lipinski definition) is 1. The second-order valence-electron chi connectivity index (χ2n) is 6.02. The molecule has 3 rings (SSSR count). The Morgan fingerprint density at radius 3 is 2.54 bits per heavy atom. The van der Waals surface area contributed by atoms with Crippen molar-refractivity contribution in [1.29, 1.82) is 0 Å². The highest BCUT2D eigenvalue weighted by Gasteiger charge is 2.22. The molecular formula is C20H18ClN3O2. The number of anilines is 1. The number of rotatable bonds is 5. The number of hydrogen-bond acceptors (Lipinski definition) is 3. The first kappa shape index (κ1) is 17.9. The largest absolute Gasteiger partial charge is 0.344 e. The third-order valence-corrected chi connectivity index (χ3v) is 4.45. The molecule has 0 bridgehead atoms. The lowest BCUT2D eigenvalue weighted by Gasteiger charge is -2.10. The molecule has 0 fully saturated rings. The topological polar surface area (TPSA) is 64.0 Å². The number of aryl methyl sites for hydroxylation is 1. The first-order valence-corrected chi connectivity index (χ1v) is 8.50. The van der Waals surface area contributed by atoms with Gasteiger partial charge in [-0.15, -0.1) is 0 Å². The Balaban J connectivity index is 1.81. The number of nitrogens with one attached hydrogen (secondary N) is 1. The number of aromatic nitrogens is 2. The van der Waals surface area contributed by atoms with Gasteiger partial charge in [-0.3, -0.25) is 14.6 Å². The molecule has 6 heteroatoms. The molecule has 2 aromatic heterocycles. The number of amides is 1. The molecule has 0 unspecified atom stereocenters. The smallest absolute Gasteiger partial charge is 0.296 e. The molecule has 0 saturated heterocycles. The van der Waals surface area contributed by atoms with Crippen molar-refractivity contribution in [2.24, 2.45) is 0 Å². The zero-order valence-corrected chi connectivity index (χ0v) is 15.2. The highest BCUT2D eigenvalue weighted by Crippen LogP contribution is 2.19. The summed E-state index contributed by atoms with van der Waals surface area (Å²) >= 11 is 5.92. The molecular weight excluding hydrogens is 350 g/mol. The lowest BCUT2D eigenvalue weighted by Crippen LogP contribution is -2.23. The molecule has 26 heavy (non-hydrogen) atoms. The summed E-state index contributed by atoms with van der Waals surface area (Å²) in [6, 6.07) is 12.7. The zero-order valence-electron chi connectivity index (χ0n) is 14.5. The summed E-state index contributed by atoms with van der Waals surface area (Å²) in [6.45, 7) is 4.36. The van der Waals surface area contributed by atoms with Crippen LogP contribution in [0.5, 0.6) is 0 Å². The van der Waals surface area contributed by atoms with E-state index in [-0.39, 0.29) is 0 Å². The van der Waals surface area contributed by atoms with E-state index in [0.717, 1.165) is 17.0 Å². The molecule has 2 heterocycles. The number of nitrogens with zero attached hydrogens (tertiary/aromatic N) is 2. The summed E-state index contributed by atoms with van der Waals surface area (Å²) in [5, 5.41) is 3.26. The van der Waals surface area contributed by atoms with Gasteiger partial charge in [0, 0.05) is 34.7 Å². The van der Waals surface area contributed by atoms with Crippen molar-refractivity contribution >= 4 is 29.0 Å². The number of carbonyl (C=O) groups excluding carboxylic acids is 2. The van der Waals surface area contributed by atoms with E-state index in [4.69, 9.17) is 11.6 Å². The van der Waals surface area contributed by atoms with Gasteiger partial charge in [0.2, 0.25) is 0 Å². The minimum atomic E-state index is -0.676. The summed E-state index contributed by atoms with van der Waals surface area (Å²) in [4.78, 5) is 28.8. The van der Waals surface area contributed by atoms with Crippen LogP contribution in [0.1, 0.15) is 27.3 Å². The van der Waals surface area contributed by atoms with Crippen molar-refractivity contribution in [2.45, 2.75) is 20.4 Å². The monoisotopic (exact) mass is 367 g/mol. The fourth-order valence-electron chi connectivity index (χ4n) is 2.79. The fraction of sp³-hybridized carbons (Fsp3) is 0.150. The molecule has 132 valence electrons. The second-order valence-corrected chi connectivity index (χ2v) is 6.46. The van der Waals surface area contributed by atoms with Crippen LogP contribution in [0.25, 0.3) is 0 Å². The van der Waals surface area contributed by atoms with Gasteiger partial charge < -0.3 is 9.88 Å². The van der Waals surface area contributed by atoms with E-state index in [1.54, 1.807) is 24.4 Å². The predicted octanol–water partition coefficient (Wildman–Crippen LogP) is 4.02. The number of Topliss-reactive ketones (excluding diaryl/α,β-unsaturated/α-hetero) is 1. The average Bonchev–Trinajstić information content (AvgIpc) is 2.92. The van der Waals surface area contributed by atoms with Crippen molar-refractivity contribution in [3.63, 3.8) is 0 Å². The Morgan fingerprint density at radius 2 is 1.88 bits per heavy atom. The summed E-state index contributed by atoms with van der Waals surface area (Å²) in [7, 11) is 0. The number of carbonyl (C=O) groups is 2. The number of pyridine rings is 1. The molecule has 1 amide bonds. The highest BCUT2D eigenvalue weighted by molar-refractivity contribution is 6.46. The normalized spacial score (nSPS) is 10.6. The number of halogens is 1. The van der Waals surface area contributed by atoms with Gasteiger partial charge >= 0.3 is 0 Å². The van der Waals surface area contributed by atoms with Gasteiger partial charge in [-0.25, -0.2) is 0 Å². The quantitative estimate of drug-likeness (QED) is 0.547. The van der Waals surface area contributed by atoms with Crippen LogP contribution in [0.15, 0.2) is 54.9 Å². The van der Waals surface area contributed by atoms with E-state index < -0.39 is 11.7 Å². The Bertz CT molecular complexity index is 947. The van der Waals surface area contributed by atoms with Gasteiger partial charge in [0.1, 0.15) is 0 Å². The van der Waals surface area contributed by atoms with E-state index in [0.29, 0.717) is 22.8 Å². The maximum atomic E-state index is 12.6. The van der Waals surface area contributed by atoms with Crippen molar-refractivity contribution in [3.8, 4) is 0 Å². The minimum Gasteiger partial charge on any atom is -0.344 e. The lowest BCUT2D eigenvalue weighted by atomic mass is 10.1. The number of benzene rings is 1. The van der Waals surface area contributed by atoms with Crippen LogP contribution < -0.4 is 5.32 Å². The molecule has 1 aromatic carbocycles. The van der Waals surface area contributed by atoms with Crippen LogP contribution in [0, 0.1) is 13.8 Å². The van der Waals surface area contributed by atoms with Crippen LogP contribution in [0.4, 0.5) is 5.69 Å². The summed E-state index contributed by atoms with van der Waals surface area (Å²) < 4.78 is 2.01. The van der Waals surface area contributed by atoms with E-state index in [2.05, 4.69) is 10.3 Å². The molecule has 0 aliphatic carbocycles. The highest BCUT2D eigenvalue weighted by atomic mass is 35.5. The van der Waals surface area contributed by atoms with Gasteiger partial charge in [0.05, 0.1) is 11.9 Å². The van der Waals surface area contributed by atoms with Crippen molar-refractivity contribution in [3.05, 3.63) is 82.4 Å². The molecule has 0 saturated carbocycles. The Morgan fingerprint density at radius 1 is 1.15 bits per heavy atom. The van der Waals surface area contributed by atoms with Gasteiger partial charge in [0.25, 0.3) is 11.7 Å². The van der Waals surface area contributed by atoms with Crippen molar-refractivity contribution in [1.82, 2.24) is 9.55 Å². The lowest BCUT2D eigenvalue weighted by molar-refractivity contribution is -0.112. The van der Waals surface area contributed by atoms with E-state index in [1.807, 2.05) is 42.7 Å². The van der Waals surface area contributed by atoms with Gasteiger partial charge in [-0.1, -0.05) is 23.7 Å². The SMILES string of the molecule is Cc1cc(C(=O)C(=O)Nc2cccnc2)c(C)n1Cc1ccc(Cl)cc1.